The maximum absolute atomic E-state index is 13.2. The Labute approximate surface area is 185 Å². The number of aromatic amines is 1. The summed E-state index contributed by atoms with van der Waals surface area (Å²) in [5, 5.41) is 15.2. The average molecular weight is 453 g/mol. The van der Waals surface area contributed by atoms with E-state index in [4.69, 9.17) is 5.73 Å². The first-order chi connectivity index (χ1) is 15.1. The summed E-state index contributed by atoms with van der Waals surface area (Å²) in [4.78, 5) is 16.4. The lowest BCUT2D eigenvalue weighted by Crippen LogP contribution is -2.09. The molecular formula is C23H24N4O4S. The molecule has 2 aromatic heterocycles. The number of ketones is 1. The number of hydrogen-bond acceptors (Lipinski definition) is 6. The first kappa shape index (κ1) is 21.6. The molecule has 0 saturated heterocycles. The second kappa shape index (κ2) is 7.83. The number of sulfone groups is 1. The highest BCUT2D eigenvalue weighted by atomic mass is 32.2. The van der Waals surface area contributed by atoms with E-state index in [-0.39, 0.29) is 28.7 Å². The van der Waals surface area contributed by atoms with Crippen LogP contribution >= 0.6 is 0 Å². The van der Waals surface area contributed by atoms with E-state index in [1.54, 1.807) is 25.1 Å². The summed E-state index contributed by atoms with van der Waals surface area (Å²) in [6, 6.07) is 10.6. The SMILES string of the molecule is Cc1ccc(O)c(C)c1-n1ncc(C(=O)c2cc3cccc(CCS(C)(=O)=O)c3[nH]2)c1N. The molecule has 0 atom stereocenters. The predicted molar refractivity (Wildman–Crippen MR) is 124 cm³/mol. The highest BCUT2D eigenvalue weighted by Crippen LogP contribution is 2.30. The molecule has 9 heteroatoms. The van der Waals surface area contributed by atoms with Crippen molar-refractivity contribution in [3.63, 3.8) is 0 Å². The fraction of sp³-hybridized carbons (Fsp3) is 0.217. The first-order valence-corrected chi connectivity index (χ1v) is 12.1. The third-order valence-corrected chi connectivity index (χ3v) is 6.54. The quantitative estimate of drug-likeness (QED) is 0.385. The number of phenolic OH excluding ortho intramolecular Hbond substituents is 1. The Morgan fingerprint density at radius 2 is 1.97 bits per heavy atom. The van der Waals surface area contributed by atoms with Gasteiger partial charge in [-0.2, -0.15) is 5.10 Å². The smallest absolute Gasteiger partial charge is 0.214 e. The average Bonchev–Trinajstić information content (AvgIpc) is 3.33. The van der Waals surface area contributed by atoms with Gasteiger partial charge in [-0.05, 0) is 43.5 Å². The van der Waals surface area contributed by atoms with E-state index in [0.717, 1.165) is 22.0 Å². The summed E-state index contributed by atoms with van der Waals surface area (Å²) in [7, 11) is -3.11. The van der Waals surface area contributed by atoms with Gasteiger partial charge < -0.3 is 15.8 Å². The third kappa shape index (κ3) is 3.87. The molecule has 0 radical (unpaired) electrons. The minimum Gasteiger partial charge on any atom is -0.508 e. The maximum Gasteiger partial charge on any atom is 0.214 e. The normalized spacial score (nSPS) is 11.8. The zero-order valence-corrected chi connectivity index (χ0v) is 18.8. The molecule has 0 saturated carbocycles. The summed E-state index contributed by atoms with van der Waals surface area (Å²) < 4.78 is 24.6. The number of nitrogens with two attached hydrogens (primary N) is 1. The number of nitrogens with one attached hydrogen (secondary N) is 1. The van der Waals surface area contributed by atoms with E-state index < -0.39 is 9.84 Å². The van der Waals surface area contributed by atoms with Crippen LogP contribution in [0.5, 0.6) is 5.75 Å². The van der Waals surface area contributed by atoms with Crippen LogP contribution in [-0.2, 0) is 16.3 Å². The van der Waals surface area contributed by atoms with Gasteiger partial charge in [0.05, 0.1) is 28.9 Å². The van der Waals surface area contributed by atoms with Gasteiger partial charge in [0, 0.05) is 22.7 Å². The molecule has 4 N–H and O–H groups in total. The van der Waals surface area contributed by atoms with Crippen LogP contribution < -0.4 is 5.73 Å². The first-order valence-electron chi connectivity index (χ1n) is 10.0. The number of rotatable bonds is 6. The standard InChI is InChI=1S/C23H24N4O4S/c1-13-7-8-19(28)14(2)21(13)27-23(24)17(12-25-27)22(29)18-11-16-6-4-5-15(20(16)26-18)9-10-32(3,30)31/h4-8,11-12,26,28H,9-10,24H2,1-3H3. The highest BCUT2D eigenvalue weighted by Gasteiger charge is 2.22. The number of aromatic hydroxyl groups is 1. The number of anilines is 1. The van der Waals surface area contributed by atoms with Crippen molar-refractivity contribution in [2.75, 3.05) is 17.7 Å². The summed E-state index contributed by atoms with van der Waals surface area (Å²) in [5.41, 5.74) is 10.5. The molecule has 32 heavy (non-hydrogen) atoms. The van der Waals surface area contributed by atoms with Crippen LogP contribution in [0.1, 0.15) is 32.7 Å². The Morgan fingerprint density at radius 3 is 2.69 bits per heavy atom. The summed E-state index contributed by atoms with van der Waals surface area (Å²) in [6.07, 6.45) is 2.96. The van der Waals surface area contributed by atoms with E-state index in [2.05, 4.69) is 10.1 Å². The Balaban J connectivity index is 1.73. The molecule has 0 aliphatic heterocycles. The van der Waals surface area contributed by atoms with Crippen LogP contribution in [0.15, 0.2) is 42.6 Å². The van der Waals surface area contributed by atoms with Crippen LogP contribution in [0.3, 0.4) is 0 Å². The van der Waals surface area contributed by atoms with Crippen LogP contribution in [-0.4, -0.2) is 46.1 Å². The predicted octanol–water partition coefficient (Wildman–Crippen LogP) is 3.08. The van der Waals surface area contributed by atoms with E-state index in [9.17, 15) is 18.3 Å². The lowest BCUT2D eigenvalue weighted by atomic mass is 10.1. The Hall–Kier alpha value is -3.59. The fourth-order valence-electron chi connectivity index (χ4n) is 3.85. The molecule has 4 aromatic rings. The van der Waals surface area contributed by atoms with Crippen LogP contribution in [0.2, 0.25) is 0 Å². The number of hydrogen-bond donors (Lipinski definition) is 3. The van der Waals surface area contributed by atoms with Crippen molar-refractivity contribution >= 4 is 32.3 Å². The van der Waals surface area contributed by atoms with Gasteiger partial charge in [-0.3, -0.25) is 4.79 Å². The zero-order valence-electron chi connectivity index (χ0n) is 18.0. The molecule has 0 amide bonds. The molecule has 2 aromatic carbocycles. The number of para-hydroxylation sites is 1. The molecule has 4 rings (SSSR count). The monoisotopic (exact) mass is 452 g/mol. The maximum atomic E-state index is 13.2. The van der Waals surface area contributed by atoms with Crippen molar-refractivity contribution in [1.29, 1.82) is 0 Å². The molecule has 0 fully saturated rings. The largest absolute Gasteiger partial charge is 0.508 e. The number of nitrogen functional groups attached to an aromatic ring is 1. The van der Waals surface area contributed by atoms with Crippen LogP contribution in [0.25, 0.3) is 16.6 Å². The van der Waals surface area contributed by atoms with Gasteiger partial charge in [-0.15, -0.1) is 0 Å². The minimum atomic E-state index is -3.11. The molecule has 0 unspecified atom stereocenters. The van der Waals surface area contributed by atoms with Gasteiger partial charge in [0.1, 0.15) is 21.4 Å². The number of aromatic nitrogens is 3. The number of H-pyrrole nitrogens is 1. The molecule has 166 valence electrons. The summed E-state index contributed by atoms with van der Waals surface area (Å²) in [5.74, 6) is -0.0145. The van der Waals surface area contributed by atoms with E-state index in [1.807, 2.05) is 25.1 Å². The second-order valence-electron chi connectivity index (χ2n) is 8.00. The number of aryl methyl sites for hydroxylation is 2. The number of phenols is 1. The molecule has 0 aliphatic rings. The second-order valence-corrected chi connectivity index (χ2v) is 10.3. The number of fused-ring (bicyclic) bond motifs is 1. The molecule has 8 nitrogen and oxygen atoms in total. The van der Waals surface area contributed by atoms with Crippen molar-refractivity contribution in [3.05, 3.63) is 70.5 Å². The number of carbonyl (C=O) groups is 1. The fourth-order valence-corrected chi connectivity index (χ4v) is 4.44. The van der Waals surface area contributed by atoms with Gasteiger partial charge in [-0.1, -0.05) is 24.3 Å². The molecule has 2 heterocycles. The van der Waals surface area contributed by atoms with Gasteiger partial charge >= 0.3 is 0 Å². The number of carbonyl (C=O) groups excluding carboxylic acids is 1. The molecule has 0 spiro atoms. The van der Waals surface area contributed by atoms with E-state index in [1.165, 1.54) is 17.1 Å². The van der Waals surface area contributed by atoms with Gasteiger partial charge in [0.2, 0.25) is 5.78 Å². The lowest BCUT2D eigenvalue weighted by molar-refractivity contribution is 0.103. The number of benzene rings is 2. The molecular weight excluding hydrogens is 428 g/mol. The minimum absolute atomic E-state index is 0.0246. The van der Waals surface area contributed by atoms with Gasteiger partial charge in [-0.25, -0.2) is 13.1 Å². The van der Waals surface area contributed by atoms with Crippen molar-refractivity contribution < 1.29 is 18.3 Å². The van der Waals surface area contributed by atoms with Crippen molar-refractivity contribution in [1.82, 2.24) is 14.8 Å². The highest BCUT2D eigenvalue weighted by molar-refractivity contribution is 7.90. The summed E-state index contributed by atoms with van der Waals surface area (Å²) in [6.45, 7) is 3.64. The summed E-state index contributed by atoms with van der Waals surface area (Å²) >= 11 is 0. The topological polar surface area (TPSA) is 131 Å². The third-order valence-electron chi connectivity index (χ3n) is 5.60. The Bertz CT molecular complexity index is 1460. The van der Waals surface area contributed by atoms with Crippen molar-refractivity contribution in [3.8, 4) is 11.4 Å². The molecule has 0 bridgehead atoms. The van der Waals surface area contributed by atoms with E-state index >= 15 is 0 Å². The van der Waals surface area contributed by atoms with E-state index in [0.29, 0.717) is 23.4 Å². The van der Waals surface area contributed by atoms with Gasteiger partial charge in [0.25, 0.3) is 0 Å². The van der Waals surface area contributed by atoms with Crippen molar-refractivity contribution in [2.45, 2.75) is 20.3 Å². The molecule has 0 aliphatic carbocycles. The number of nitrogens with zero attached hydrogens (tertiary/aromatic N) is 2. The zero-order chi connectivity index (χ0) is 23.2. The van der Waals surface area contributed by atoms with Crippen LogP contribution in [0.4, 0.5) is 5.82 Å². The Kier molecular flexibility index (Phi) is 5.29. The van der Waals surface area contributed by atoms with Crippen LogP contribution in [0, 0.1) is 13.8 Å². The Morgan fingerprint density at radius 1 is 1.22 bits per heavy atom. The van der Waals surface area contributed by atoms with Gasteiger partial charge in [0.15, 0.2) is 0 Å². The lowest BCUT2D eigenvalue weighted by Gasteiger charge is -2.13. The van der Waals surface area contributed by atoms with Crippen molar-refractivity contribution in [2.24, 2.45) is 0 Å².